The number of nitrogens with zero attached hydrogens (tertiary/aromatic N) is 5. The molecule has 0 saturated carbocycles. The van der Waals surface area contributed by atoms with Crippen LogP contribution in [0.5, 0.6) is 5.75 Å². The first-order valence-corrected chi connectivity index (χ1v) is 9.68. The predicted molar refractivity (Wildman–Crippen MR) is 113 cm³/mol. The van der Waals surface area contributed by atoms with Gasteiger partial charge in [-0.25, -0.2) is 14.3 Å². The number of halogens is 2. The van der Waals surface area contributed by atoms with Crippen molar-refractivity contribution in [1.29, 1.82) is 0 Å². The SMILES string of the molecule is O=C(Nc1ncn(Cc2ccccc2Cl)n1)c1ccn(COc2cccc(Cl)c2)n1. The second-order valence-corrected chi connectivity index (χ2v) is 7.13. The summed E-state index contributed by atoms with van der Waals surface area (Å²) in [5.41, 5.74) is 1.12. The number of rotatable bonds is 7. The number of carbonyl (C=O) groups excluding carboxylic acids is 1. The summed E-state index contributed by atoms with van der Waals surface area (Å²) in [5.74, 6) is 0.362. The number of anilines is 1. The molecule has 0 saturated heterocycles. The number of ether oxygens (including phenoxy) is 1. The molecule has 1 amide bonds. The van der Waals surface area contributed by atoms with Crippen LogP contribution < -0.4 is 10.1 Å². The monoisotopic (exact) mass is 442 g/mol. The molecule has 4 rings (SSSR count). The van der Waals surface area contributed by atoms with Gasteiger partial charge in [0.05, 0.1) is 6.54 Å². The molecule has 0 atom stereocenters. The Bertz CT molecular complexity index is 1170. The molecule has 10 heteroatoms. The highest BCUT2D eigenvalue weighted by molar-refractivity contribution is 6.31. The fourth-order valence-electron chi connectivity index (χ4n) is 2.65. The minimum absolute atomic E-state index is 0.137. The van der Waals surface area contributed by atoms with Crippen molar-refractivity contribution in [2.45, 2.75) is 13.3 Å². The largest absolute Gasteiger partial charge is 0.471 e. The molecule has 2 aromatic carbocycles. The van der Waals surface area contributed by atoms with Gasteiger partial charge in [0.1, 0.15) is 12.1 Å². The molecule has 0 aliphatic carbocycles. The molecule has 4 aromatic rings. The molecular formula is C20H16Cl2N6O2. The molecule has 30 heavy (non-hydrogen) atoms. The zero-order chi connectivity index (χ0) is 20.9. The number of amides is 1. The Morgan fingerprint density at radius 3 is 2.73 bits per heavy atom. The summed E-state index contributed by atoms with van der Waals surface area (Å²) < 4.78 is 8.69. The number of carbonyl (C=O) groups is 1. The summed E-state index contributed by atoms with van der Waals surface area (Å²) in [6.45, 7) is 0.580. The highest BCUT2D eigenvalue weighted by Crippen LogP contribution is 2.18. The standard InChI is InChI=1S/C20H16Cl2N6O2/c21-15-5-3-6-16(10-15)30-13-27-9-8-18(25-27)19(29)24-20-23-12-28(26-20)11-14-4-1-2-7-17(14)22/h1-10,12H,11,13H2,(H,24,26,29). The van der Waals surface area contributed by atoms with Gasteiger partial charge in [0.25, 0.3) is 5.91 Å². The quantitative estimate of drug-likeness (QED) is 0.465. The van der Waals surface area contributed by atoms with Gasteiger partial charge in [0, 0.05) is 16.2 Å². The molecule has 152 valence electrons. The normalized spacial score (nSPS) is 10.7. The minimum atomic E-state index is -0.424. The van der Waals surface area contributed by atoms with Crippen molar-refractivity contribution in [3.63, 3.8) is 0 Å². The van der Waals surface area contributed by atoms with Gasteiger partial charge >= 0.3 is 0 Å². The van der Waals surface area contributed by atoms with Gasteiger partial charge in [-0.2, -0.15) is 5.10 Å². The lowest BCUT2D eigenvalue weighted by Gasteiger charge is -2.06. The van der Waals surface area contributed by atoms with Gasteiger partial charge in [-0.1, -0.05) is 47.5 Å². The zero-order valence-corrected chi connectivity index (χ0v) is 17.1. The first-order valence-electron chi connectivity index (χ1n) is 8.93. The second kappa shape index (κ2) is 8.98. The number of nitrogens with one attached hydrogen (secondary N) is 1. The van der Waals surface area contributed by atoms with E-state index in [1.54, 1.807) is 41.2 Å². The van der Waals surface area contributed by atoms with Gasteiger partial charge in [-0.3, -0.25) is 10.1 Å². The molecule has 0 fully saturated rings. The van der Waals surface area contributed by atoms with Crippen LogP contribution in [-0.2, 0) is 13.3 Å². The van der Waals surface area contributed by atoms with Gasteiger partial charge in [-0.05, 0) is 35.9 Å². The third kappa shape index (κ3) is 4.97. The molecule has 0 aliphatic heterocycles. The van der Waals surface area contributed by atoms with Crippen LogP contribution in [0.25, 0.3) is 0 Å². The van der Waals surface area contributed by atoms with Gasteiger partial charge in [-0.15, -0.1) is 5.10 Å². The molecule has 0 radical (unpaired) electrons. The van der Waals surface area contributed by atoms with E-state index in [-0.39, 0.29) is 18.4 Å². The number of hydrogen-bond acceptors (Lipinski definition) is 5. The first kappa shape index (κ1) is 19.9. The van der Waals surface area contributed by atoms with E-state index in [1.165, 1.54) is 11.0 Å². The van der Waals surface area contributed by atoms with Crippen molar-refractivity contribution in [2.75, 3.05) is 5.32 Å². The molecule has 0 aliphatic rings. The Morgan fingerprint density at radius 2 is 1.90 bits per heavy atom. The second-order valence-electron chi connectivity index (χ2n) is 6.28. The van der Waals surface area contributed by atoms with Crippen molar-refractivity contribution in [1.82, 2.24) is 24.5 Å². The van der Waals surface area contributed by atoms with Crippen molar-refractivity contribution >= 4 is 35.1 Å². The predicted octanol–water partition coefficient (Wildman–Crippen LogP) is 4.12. The highest BCUT2D eigenvalue weighted by Gasteiger charge is 2.13. The summed E-state index contributed by atoms with van der Waals surface area (Å²) in [6, 6.07) is 16.1. The average Bonchev–Trinajstić information content (AvgIpc) is 3.38. The minimum Gasteiger partial charge on any atom is -0.471 e. The van der Waals surface area contributed by atoms with Gasteiger partial charge in [0.15, 0.2) is 12.4 Å². The van der Waals surface area contributed by atoms with Crippen LogP contribution in [0.15, 0.2) is 67.1 Å². The van der Waals surface area contributed by atoms with Gasteiger partial charge in [0.2, 0.25) is 5.95 Å². The number of aromatic nitrogens is 5. The lowest BCUT2D eigenvalue weighted by Crippen LogP contribution is -2.15. The van der Waals surface area contributed by atoms with E-state index in [1.807, 2.05) is 24.3 Å². The Balaban J connectivity index is 1.34. The maximum atomic E-state index is 12.4. The van der Waals surface area contributed by atoms with E-state index in [4.69, 9.17) is 27.9 Å². The van der Waals surface area contributed by atoms with Crippen LogP contribution in [0, 0.1) is 0 Å². The average molecular weight is 443 g/mol. The van der Waals surface area contributed by atoms with Crippen molar-refractivity contribution in [2.24, 2.45) is 0 Å². The summed E-state index contributed by atoms with van der Waals surface area (Å²) >= 11 is 12.1. The summed E-state index contributed by atoms with van der Waals surface area (Å²) in [4.78, 5) is 16.5. The van der Waals surface area contributed by atoms with E-state index >= 15 is 0 Å². The molecule has 2 aromatic heterocycles. The number of hydrogen-bond donors (Lipinski definition) is 1. The first-order chi connectivity index (χ1) is 14.6. The molecule has 8 nitrogen and oxygen atoms in total. The lowest BCUT2D eigenvalue weighted by molar-refractivity contribution is 0.101. The highest BCUT2D eigenvalue weighted by atomic mass is 35.5. The fourth-order valence-corrected chi connectivity index (χ4v) is 3.02. The Kier molecular flexibility index (Phi) is 5.97. The van der Waals surface area contributed by atoms with Crippen LogP contribution in [0.1, 0.15) is 16.1 Å². The van der Waals surface area contributed by atoms with E-state index in [9.17, 15) is 4.79 Å². The molecule has 2 heterocycles. The molecule has 0 unspecified atom stereocenters. The van der Waals surface area contributed by atoms with E-state index in [0.29, 0.717) is 22.3 Å². The van der Waals surface area contributed by atoms with E-state index in [2.05, 4.69) is 20.5 Å². The smallest absolute Gasteiger partial charge is 0.278 e. The topological polar surface area (TPSA) is 86.9 Å². The Hall–Kier alpha value is -3.36. The lowest BCUT2D eigenvalue weighted by atomic mass is 10.2. The maximum Gasteiger partial charge on any atom is 0.278 e. The van der Waals surface area contributed by atoms with Crippen LogP contribution in [0.4, 0.5) is 5.95 Å². The van der Waals surface area contributed by atoms with E-state index in [0.717, 1.165) is 5.56 Å². The molecule has 0 spiro atoms. The number of benzene rings is 2. The zero-order valence-electron chi connectivity index (χ0n) is 15.6. The maximum absolute atomic E-state index is 12.4. The van der Waals surface area contributed by atoms with E-state index < -0.39 is 5.91 Å². The Morgan fingerprint density at radius 1 is 1.03 bits per heavy atom. The fraction of sp³-hybridized carbons (Fsp3) is 0.100. The summed E-state index contributed by atoms with van der Waals surface area (Å²) in [7, 11) is 0. The van der Waals surface area contributed by atoms with Crippen LogP contribution in [0.2, 0.25) is 10.0 Å². The van der Waals surface area contributed by atoms with Crippen LogP contribution >= 0.6 is 23.2 Å². The molecular weight excluding hydrogens is 427 g/mol. The van der Waals surface area contributed by atoms with Gasteiger partial charge < -0.3 is 4.74 Å². The van der Waals surface area contributed by atoms with Crippen LogP contribution in [0.3, 0.4) is 0 Å². The third-order valence-electron chi connectivity index (χ3n) is 4.08. The van der Waals surface area contributed by atoms with Crippen molar-refractivity contribution < 1.29 is 9.53 Å². The van der Waals surface area contributed by atoms with Crippen LogP contribution in [-0.4, -0.2) is 30.5 Å². The Labute approximate surface area is 182 Å². The molecule has 1 N–H and O–H groups in total. The summed E-state index contributed by atoms with van der Waals surface area (Å²) in [6.07, 6.45) is 3.17. The molecule has 0 bridgehead atoms. The third-order valence-corrected chi connectivity index (χ3v) is 4.69. The van der Waals surface area contributed by atoms with Crippen molar-refractivity contribution in [3.8, 4) is 5.75 Å². The summed E-state index contributed by atoms with van der Waals surface area (Å²) in [5, 5.41) is 12.3. The van der Waals surface area contributed by atoms with Crippen molar-refractivity contribution in [3.05, 3.63) is 88.4 Å².